The minimum atomic E-state index is 0.111. The van der Waals surface area contributed by atoms with Crippen molar-refractivity contribution in [1.82, 2.24) is 20.2 Å². The van der Waals surface area contributed by atoms with Gasteiger partial charge in [-0.1, -0.05) is 5.16 Å². The largest absolute Gasteiger partial charge is 0.493 e. The third kappa shape index (κ3) is 3.38. The molecule has 1 heterocycles. The molecule has 2 aromatic rings. The van der Waals surface area contributed by atoms with E-state index in [-0.39, 0.29) is 5.84 Å². The van der Waals surface area contributed by atoms with Gasteiger partial charge < -0.3 is 20.4 Å². The number of amidine groups is 1. The molecule has 0 aliphatic carbocycles. The molecule has 0 spiro atoms. The van der Waals surface area contributed by atoms with Crippen molar-refractivity contribution in [1.29, 1.82) is 0 Å². The second-order valence-electron chi connectivity index (χ2n) is 4.12. The first-order valence-electron chi connectivity index (χ1n) is 6.14. The Bertz CT molecular complexity index is 640. The summed E-state index contributed by atoms with van der Waals surface area (Å²) in [5.74, 6) is 1.78. The summed E-state index contributed by atoms with van der Waals surface area (Å²) >= 11 is 0. The van der Waals surface area contributed by atoms with Crippen molar-refractivity contribution in [3.8, 4) is 22.9 Å². The molecular formula is C12H16N6O3. The van der Waals surface area contributed by atoms with Crippen LogP contribution in [-0.2, 0) is 6.54 Å². The number of aromatic nitrogens is 4. The maximum absolute atomic E-state index is 8.47. The molecule has 1 aromatic heterocycles. The lowest BCUT2D eigenvalue weighted by Gasteiger charge is -2.07. The van der Waals surface area contributed by atoms with Crippen LogP contribution in [-0.4, -0.2) is 45.5 Å². The molecule has 2 rings (SSSR count). The standard InChI is InChI=1S/C12H16N6O3/c1-20-9-4-3-8(7-10(9)21-2)12-14-17-18(15-12)6-5-11(13)16-19/h3-4,7,19H,5-6H2,1-2H3,(H2,13,16). The van der Waals surface area contributed by atoms with Crippen LogP contribution in [0.25, 0.3) is 11.4 Å². The van der Waals surface area contributed by atoms with Crippen LogP contribution in [0.5, 0.6) is 11.5 Å². The Hall–Kier alpha value is -2.84. The average Bonchev–Trinajstić information content (AvgIpc) is 3.00. The maximum Gasteiger partial charge on any atom is 0.205 e. The summed E-state index contributed by atoms with van der Waals surface area (Å²) < 4.78 is 10.4. The van der Waals surface area contributed by atoms with E-state index < -0.39 is 0 Å². The zero-order chi connectivity index (χ0) is 15.2. The van der Waals surface area contributed by atoms with Gasteiger partial charge in [-0.15, -0.1) is 10.2 Å². The Kier molecular flexibility index (Phi) is 4.54. The van der Waals surface area contributed by atoms with Crippen LogP contribution >= 0.6 is 0 Å². The highest BCUT2D eigenvalue weighted by molar-refractivity contribution is 5.79. The van der Waals surface area contributed by atoms with Gasteiger partial charge in [-0.25, -0.2) is 0 Å². The molecule has 0 atom stereocenters. The van der Waals surface area contributed by atoms with E-state index in [9.17, 15) is 0 Å². The number of ether oxygens (including phenoxy) is 2. The number of aryl methyl sites for hydroxylation is 1. The predicted molar refractivity (Wildman–Crippen MR) is 74.4 cm³/mol. The molecule has 0 bridgehead atoms. The number of oxime groups is 1. The number of rotatable bonds is 6. The summed E-state index contributed by atoms with van der Waals surface area (Å²) in [4.78, 5) is 1.38. The average molecular weight is 292 g/mol. The third-order valence-corrected chi connectivity index (χ3v) is 2.79. The number of tetrazole rings is 1. The van der Waals surface area contributed by atoms with Gasteiger partial charge in [-0.05, 0) is 23.4 Å². The number of hydrogen-bond donors (Lipinski definition) is 2. The molecule has 9 heteroatoms. The van der Waals surface area contributed by atoms with Crippen molar-refractivity contribution in [3.63, 3.8) is 0 Å². The van der Waals surface area contributed by atoms with Crippen molar-refractivity contribution in [2.75, 3.05) is 14.2 Å². The van der Waals surface area contributed by atoms with Gasteiger partial charge in [0.15, 0.2) is 11.5 Å². The Morgan fingerprint density at radius 3 is 2.76 bits per heavy atom. The molecule has 112 valence electrons. The molecule has 0 fully saturated rings. The van der Waals surface area contributed by atoms with Crippen LogP contribution in [0, 0.1) is 0 Å². The van der Waals surface area contributed by atoms with E-state index in [1.807, 2.05) is 6.07 Å². The highest BCUT2D eigenvalue weighted by Crippen LogP contribution is 2.30. The summed E-state index contributed by atoms with van der Waals surface area (Å²) in [6.45, 7) is 0.371. The summed E-state index contributed by atoms with van der Waals surface area (Å²) in [6.07, 6.45) is 0.332. The fourth-order valence-corrected chi connectivity index (χ4v) is 1.69. The molecule has 0 aliphatic heterocycles. The molecule has 9 nitrogen and oxygen atoms in total. The molecule has 1 aromatic carbocycles. The highest BCUT2D eigenvalue weighted by Gasteiger charge is 2.10. The lowest BCUT2D eigenvalue weighted by atomic mass is 10.2. The lowest BCUT2D eigenvalue weighted by Crippen LogP contribution is -2.16. The van der Waals surface area contributed by atoms with E-state index in [1.54, 1.807) is 26.4 Å². The number of nitrogens with zero attached hydrogens (tertiary/aromatic N) is 5. The van der Waals surface area contributed by atoms with Gasteiger partial charge in [0.05, 0.1) is 20.8 Å². The third-order valence-electron chi connectivity index (χ3n) is 2.79. The van der Waals surface area contributed by atoms with E-state index >= 15 is 0 Å². The first-order valence-corrected chi connectivity index (χ1v) is 6.14. The number of methoxy groups -OCH3 is 2. The van der Waals surface area contributed by atoms with Crippen LogP contribution < -0.4 is 15.2 Å². The van der Waals surface area contributed by atoms with E-state index in [0.717, 1.165) is 5.56 Å². The van der Waals surface area contributed by atoms with Gasteiger partial charge in [0.25, 0.3) is 0 Å². The van der Waals surface area contributed by atoms with Gasteiger partial charge in [-0.3, -0.25) is 0 Å². The Morgan fingerprint density at radius 1 is 1.33 bits per heavy atom. The molecule has 0 saturated heterocycles. The molecular weight excluding hydrogens is 276 g/mol. The normalized spacial score (nSPS) is 11.4. The topological polar surface area (TPSA) is 121 Å². The summed E-state index contributed by atoms with van der Waals surface area (Å²) in [7, 11) is 3.13. The predicted octanol–water partition coefficient (Wildman–Crippen LogP) is 0.494. The van der Waals surface area contributed by atoms with Crippen LogP contribution in [0.15, 0.2) is 23.4 Å². The van der Waals surface area contributed by atoms with Crippen LogP contribution in [0.4, 0.5) is 0 Å². The minimum Gasteiger partial charge on any atom is -0.493 e. The molecule has 0 aliphatic rings. The smallest absolute Gasteiger partial charge is 0.205 e. The van der Waals surface area contributed by atoms with Gasteiger partial charge in [0.1, 0.15) is 5.84 Å². The van der Waals surface area contributed by atoms with E-state index in [1.165, 1.54) is 4.80 Å². The first kappa shape index (κ1) is 14.6. The quantitative estimate of drug-likeness (QED) is 0.344. The highest BCUT2D eigenvalue weighted by atomic mass is 16.5. The number of nitrogens with two attached hydrogens (primary N) is 1. The van der Waals surface area contributed by atoms with Crippen molar-refractivity contribution >= 4 is 5.84 Å². The summed E-state index contributed by atoms with van der Waals surface area (Å²) in [5, 5.41) is 23.5. The molecule has 0 unspecified atom stereocenters. The Balaban J connectivity index is 2.17. The SMILES string of the molecule is COc1ccc(-c2nnn(CC/C(N)=N/O)n2)cc1OC. The first-order chi connectivity index (χ1) is 10.2. The Labute approximate surface area is 121 Å². The molecule has 0 amide bonds. The summed E-state index contributed by atoms with van der Waals surface area (Å²) in [5.41, 5.74) is 6.14. The van der Waals surface area contributed by atoms with E-state index in [0.29, 0.717) is 30.3 Å². The van der Waals surface area contributed by atoms with Gasteiger partial charge >= 0.3 is 0 Å². The van der Waals surface area contributed by atoms with Crippen molar-refractivity contribution < 1.29 is 14.7 Å². The Morgan fingerprint density at radius 2 is 2.10 bits per heavy atom. The summed E-state index contributed by atoms with van der Waals surface area (Å²) in [6, 6.07) is 5.35. The zero-order valence-electron chi connectivity index (χ0n) is 11.7. The van der Waals surface area contributed by atoms with Crippen molar-refractivity contribution in [3.05, 3.63) is 18.2 Å². The monoisotopic (exact) mass is 292 g/mol. The molecule has 0 radical (unpaired) electrons. The van der Waals surface area contributed by atoms with Crippen molar-refractivity contribution in [2.45, 2.75) is 13.0 Å². The van der Waals surface area contributed by atoms with E-state index in [4.69, 9.17) is 20.4 Å². The van der Waals surface area contributed by atoms with Crippen molar-refractivity contribution in [2.24, 2.45) is 10.9 Å². The zero-order valence-corrected chi connectivity index (χ0v) is 11.7. The molecule has 0 saturated carbocycles. The van der Waals surface area contributed by atoms with Gasteiger partial charge in [0.2, 0.25) is 5.82 Å². The molecule has 21 heavy (non-hydrogen) atoms. The fourth-order valence-electron chi connectivity index (χ4n) is 1.69. The second-order valence-corrected chi connectivity index (χ2v) is 4.12. The molecule has 3 N–H and O–H groups in total. The van der Waals surface area contributed by atoms with Gasteiger partial charge in [0, 0.05) is 12.0 Å². The van der Waals surface area contributed by atoms with Crippen LogP contribution in [0.1, 0.15) is 6.42 Å². The number of hydrogen-bond acceptors (Lipinski definition) is 7. The fraction of sp³-hybridized carbons (Fsp3) is 0.333. The lowest BCUT2D eigenvalue weighted by molar-refractivity contribution is 0.316. The number of benzene rings is 1. The maximum atomic E-state index is 8.47. The van der Waals surface area contributed by atoms with Gasteiger partial charge in [-0.2, -0.15) is 4.80 Å². The van der Waals surface area contributed by atoms with Crippen LogP contribution in [0.3, 0.4) is 0 Å². The second kappa shape index (κ2) is 6.55. The van der Waals surface area contributed by atoms with Crippen LogP contribution in [0.2, 0.25) is 0 Å². The minimum absolute atomic E-state index is 0.111. The van der Waals surface area contributed by atoms with E-state index in [2.05, 4.69) is 20.6 Å².